The molecule has 0 spiro atoms. The molecule has 0 aliphatic carbocycles. The molecule has 0 saturated carbocycles. The van der Waals surface area contributed by atoms with Gasteiger partial charge in [0.25, 0.3) is 0 Å². The van der Waals surface area contributed by atoms with Gasteiger partial charge < -0.3 is 10.8 Å². The predicted molar refractivity (Wildman–Crippen MR) is 60.3 cm³/mol. The molecule has 1 saturated heterocycles. The van der Waals surface area contributed by atoms with Gasteiger partial charge in [-0.05, 0) is 12.0 Å². The van der Waals surface area contributed by atoms with Crippen molar-refractivity contribution in [2.75, 3.05) is 13.1 Å². The average Bonchev–Trinajstić information content (AvgIpc) is 2.17. The van der Waals surface area contributed by atoms with Gasteiger partial charge >= 0.3 is 0 Å². The van der Waals surface area contributed by atoms with Crippen molar-refractivity contribution in [3.8, 4) is 0 Å². The highest BCUT2D eigenvalue weighted by Gasteiger charge is 2.22. The Morgan fingerprint density at radius 1 is 1.27 bits per heavy atom. The van der Waals surface area contributed by atoms with Crippen molar-refractivity contribution in [2.45, 2.75) is 25.1 Å². The molecule has 1 aromatic rings. The minimum Gasteiger partial charge on any atom is -0.392 e. The van der Waals surface area contributed by atoms with Crippen molar-refractivity contribution in [3.63, 3.8) is 0 Å². The fourth-order valence-corrected chi connectivity index (χ4v) is 2.17. The Morgan fingerprint density at radius 2 is 2.00 bits per heavy atom. The maximum Gasteiger partial charge on any atom is 0.0682 e. The molecular formula is C12H18N2O. The zero-order valence-electron chi connectivity index (χ0n) is 8.84. The smallest absolute Gasteiger partial charge is 0.0682 e. The van der Waals surface area contributed by atoms with Crippen LogP contribution < -0.4 is 5.73 Å². The van der Waals surface area contributed by atoms with Crippen LogP contribution in [0.2, 0.25) is 0 Å². The van der Waals surface area contributed by atoms with E-state index in [4.69, 9.17) is 5.73 Å². The first-order valence-electron chi connectivity index (χ1n) is 5.44. The van der Waals surface area contributed by atoms with Gasteiger partial charge in [0.2, 0.25) is 0 Å². The summed E-state index contributed by atoms with van der Waals surface area (Å²) in [5.41, 5.74) is 7.14. The van der Waals surface area contributed by atoms with Crippen LogP contribution in [0.15, 0.2) is 30.3 Å². The summed E-state index contributed by atoms with van der Waals surface area (Å²) >= 11 is 0. The predicted octanol–water partition coefficient (Wildman–Crippen LogP) is 0.580. The zero-order chi connectivity index (χ0) is 10.7. The molecule has 0 bridgehead atoms. The van der Waals surface area contributed by atoms with Gasteiger partial charge in [-0.1, -0.05) is 30.3 Å². The summed E-state index contributed by atoms with van der Waals surface area (Å²) in [5.74, 6) is 0. The Labute approximate surface area is 90.5 Å². The topological polar surface area (TPSA) is 49.5 Å². The minimum atomic E-state index is -0.266. The standard InChI is InChI=1S/C12H18N2O/c13-11-6-12(15)9-14(8-11)7-10-4-2-1-3-5-10/h1-5,11-12,15H,6-9,13H2/t11-,12+/m0/s1. The second-order valence-electron chi connectivity index (χ2n) is 4.33. The molecule has 1 aliphatic rings. The van der Waals surface area contributed by atoms with Crippen LogP contribution >= 0.6 is 0 Å². The van der Waals surface area contributed by atoms with E-state index < -0.39 is 0 Å². The minimum absolute atomic E-state index is 0.109. The quantitative estimate of drug-likeness (QED) is 0.744. The zero-order valence-corrected chi connectivity index (χ0v) is 8.84. The number of β-amino-alcohol motifs (C(OH)–C–C–N with tert-alkyl or cyclic N) is 1. The van der Waals surface area contributed by atoms with Gasteiger partial charge in [0, 0.05) is 25.7 Å². The molecule has 1 fully saturated rings. The van der Waals surface area contributed by atoms with Crippen LogP contribution in [0.1, 0.15) is 12.0 Å². The number of hydrogen-bond acceptors (Lipinski definition) is 3. The summed E-state index contributed by atoms with van der Waals surface area (Å²) in [6, 6.07) is 10.4. The third-order valence-corrected chi connectivity index (χ3v) is 2.79. The molecule has 15 heavy (non-hydrogen) atoms. The van der Waals surface area contributed by atoms with Crippen LogP contribution in [0.5, 0.6) is 0 Å². The second kappa shape index (κ2) is 4.75. The van der Waals surface area contributed by atoms with Crippen molar-refractivity contribution in [3.05, 3.63) is 35.9 Å². The van der Waals surface area contributed by atoms with E-state index in [1.807, 2.05) is 18.2 Å². The van der Waals surface area contributed by atoms with Crippen molar-refractivity contribution in [1.82, 2.24) is 4.90 Å². The first kappa shape index (κ1) is 10.6. The van der Waals surface area contributed by atoms with Gasteiger partial charge in [-0.25, -0.2) is 0 Å². The maximum absolute atomic E-state index is 9.61. The SMILES string of the molecule is N[C@H]1C[C@@H](O)CN(Cc2ccccc2)C1. The molecule has 0 amide bonds. The molecule has 0 aromatic heterocycles. The van der Waals surface area contributed by atoms with Crippen molar-refractivity contribution in [1.29, 1.82) is 0 Å². The van der Waals surface area contributed by atoms with E-state index in [0.29, 0.717) is 0 Å². The van der Waals surface area contributed by atoms with E-state index in [1.54, 1.807) is 0 Å². The highest BCUT2D eigenvalue weighted by atomic mass is 16.3. The Morgan fingerprint density at radius 3 is 2.67 bits per heavy atom. The number of aliphatic hydroxyl groups is 1. The number of rotatable bonds is 2. The van der Waals surface area contributed by atoms with E-state index in [1.165, 1.54) is 5.56 Å². The summed E-state index contributed by atoms with van der Waals surface area (Å²) in [7, 11) is 0. The number of benzene rings is 1. The number of aliphatic hydroxyl groups excluding tert-OH is 1. The van der Waals surface area contributed by atoms with Gasteiger partial charge in [-0.15, -0.1) is 0 Å². The molecule has 0 unspecified atom stereocenters. The van der Waals surface area contributed by atoms with Gasteiger partial charge in [0.1, 0.15) is 0 Å². The summed E-state index contributed by atoms with van der Waals surface area (Å²) in [5, 5.41) is 9.61. The van der Waals surface area contributed by atoms with Gasteiger partial charge in [0.05, 0.1) is 6.10 Å². The van der Waals surface area contributed by atoms with E-state index in [0.717, 1.165) is 26.1 Å². The molecule has 0 radical (unpaired) electrons. The number of nitrogens with zero attached hydrogens (tertiary/aromatic N) is 1. The molecule has 3 N–H and O–H groups in total. The van der Waals surface area contributed by atoms with Crippen LogP contribution in [-0.2, 0) is 6.54 Å². The van der Waals surface area contributed by atoms with E-state index in [-0.39, 0.29) is 12.1 Å². The molecule has 82 valence electrons. The number of hydrogen-bond donors (Lipinski definition) is 2. The van der Waals surface area contributed by atoms with Gasteiger partial charge in [0.15, 0.2) is 0 Å². The number of likely N-dealkylation sites (tertiary alicyclic amines) is 1. The van der Waals surface area contributed by atoms with Crippen LogP contribution in [0, 0.1) is 0 Å². The molecule has 2 atom stereocenters. The van der Waals surface area contributed by atoms with Crippen LogP contribution in [0.25, 0.3) is 0 Å². The first-order chi connectivity index (χ1) is 7.24. The van der Waals surface area contributed by atoms with E-state index >= 15 is 0 Å². The largest absolute Gasteiger partial charge is 0.392 e. The lowest BCUT2D eigenvalue weighted by Crippen LogP contribution is -2.48. The monoisotopic (exact) mass is 206 g/mol. The number of piperidine rings is 1. The van der Waals surface area contributed by atoms with E-state index in [2.05, 4.69) is 17.0 Å². The molecule has 2 rings (SSSR count). The highest BCUT2D eigenvalue weighted by Crippen LogP contribution is 2.12. The lowest BCUT2D eigenvalue weighted by atomic mass is 10.0. The summed E-state index contributed by atoms with van der Waals surface area (Å²) < 4.78 is 0. The van der Waals surface area contributed by atoms with Gasteiger partial charge in [-0.2, -0.15) is 0 Å². The van der Waals surface area contributed by atoms with Crippen LogP contribution in [0.3, 0.4) is 0 Å². The summed E-state index contributed by atoms with van der Waals surface area (Å²) in [6.07, 6.45) is 0.461. The summed E-state index contributed by atoms with van der Waals surface area (Å²) in [4.78, 5) is 2.22. The first-order valence-corrected chi connectivity index (χ1v) is 5.44. The second-order valence-corrected chi connectivity index (χ2v) is 4.33. The average molecular weight is 206 g/mol. The van der Waals surface area contributed by atoms with Gasteiger partial charge in [-0.3, -0.25) is 4.90 Å². The normalized spacial score (nSPS) is 27.9. The van der Waals surface area contributed by atoms with Crippen LogP contribution in [-0.4, -0.2) is 35.2 Å². The summed E-state index contributed by atoms with van der Waals surface area (Å²) in [6.45, 7) is 2.50. The third-order valence-electron chi connectivity index (χ3n) is 2.79. The Hall–Kier alpha value is -0.900. The fourth-order valence-electron chi connectivity index (χ4n) is 2.17. The lowest BCUT2D eigenvalue weighted by Gasteiger charge is -2.33. The Kier molecular flexibility index (Phi) is 3.36. The van der Waals surface area contributed by atoms with E-state index in [9.17, 15) is 5.11 Å². The highest BCUT2D eigenvalue weighted by molar-refractivity contribution is 5.14. The molecular weight excluding hydrogens is 188 g/mol. The molecule has 1 heterocycles. The van der Waals surface area contributed by atoms with Crippen LogP contribution in [0.4, 0.5) is 0 Å². The Balaban J connectivity index is 1.94. The third kappa shape index (κ3) is 3.02. The maximum atomic E-state index is 9.61. The van der Waals surface area contributed by atoms with Crippen molar-refractivity contribution in [2.24, 2.45) is 5.73 Å². The molecule has 1 aliphatic heterocycles. The molecule has 3 heteroatoms. The lowest BCUT2D eigenvalue weighted by molar-refractivity contribution is 0.0565. The van der Waals surface area contributed by atoms with Crippen molar-refractivity contribution < 1.29 is 5.11 Å². The van der Waals surface area contributed by atoms with Crippen molar-refractivity contribution >= 4 is 0 Å². The molecule has 3 nitrogen and oxygen atoms in total. The number of nitrogens with two attached hydrogens (primary N) is 1. The Bertz CT molecular complexity index is 292. The fraction of sp³-hybridized carbons (Fsp3) is 0.500. The molecule has 1 aromatic carbocycles.